The Morgan fingerprint density at radius 1 is 1.41 bits per heavy atom. The van der Waals surface area contributed by atoms with Gasteiger partial charge in [-0.2, -0.15) is 5.10 Å². The summed E-state index contributed by atoms with van der Waals surface area (Å²) < 4.78 is 1.85. The average Bonchev–Trinajstić information content (AvgIpc) is 3.33. The molecule has 8 heteroatoms. The summed E-state index contributed by atoms with van der Waals surface area (Å²) >= 11 is 6.15. The minimum atomic E-state index is 0.363. The number of halogens is 1. The van der Waals surface area contributed by atoms with Gasteiger partial charge >= 0.3 is 0 Å². The summed E-state index contributed by atoms with van der Waals surface area (Å²) in [6.07, 6.45) is 9.25. The van der Waals surface area contributed by atoms with Gasteiger partial charge in [0.1, 0.15) is 0 Å². The van der Waals surface area contributed by atoms with E-state index in [1.54, 1.807) is 0 Å². The highest BCUT2D eigenvalue weighted by atomic mass is 35.5. The average molecular weight is 414 g/mol. The van der Waals surface area contributed by atoms with Crippen molar-refractivity contribution in [3.05, 3.63) is 47.4 Å². The molecule has 0 aliphatic carbocycles. The van der Waals surface area contributed by atoms with Crippen LogP contribution in [0.4, 0.5) is 5.69 Å². The van der Waals surface area contributed by atoms with E-state index in [9.17, 15) is 0 Å². The molecule has 3 N–H and O–H groups in total. The number of aromatic nitrogens is 3. The smallest absolute Gasteiger partial charge is 0.191 e. The number of fused-ring (bicyclic) bond motifs is 1. The van der Waals surface area contributed by atoms with Crippen LogP contribution in [0.3, 0.4) is 0 Å². The van der Waals surface area contributed by atoms with Crippen molar-refractivity contribution in [2.24, 2.45) is 12.0 Å². The molecule has 0 radical (unpaired) electrons. The second-order valence-corrected chi connectivity index (χ2v) is 7.99. The lowest BCUT2D eigenvalue weighted by molar-refractivity contribution is 0.468. The summed E-state index contributed by atoms with van der Waals surface area (Å²) in [5, 5.41) is 13.3. The van der Waals surface area contributed by atoms with Crippen LogP contribution in [-0.2, 0) is 13.5 Å². The van der Waals surface area contributed by atoms with Gasteiger partial charge in [-0.25, -0.2) is 0 Å². The van der Waals surface area contributed by atoms with E-state index in [4.69, 9.17) is 11.6 Å². The van der Waals surface area contributed by atoms with Crippen molar-refractivity contribution in [2.45, 2.75) is 25.3 Å². The number of nitrogens with zero attached hydrogens (tertiary/aromatic N) is 4. The summed E-state index contributed by atoms with van der Waals surface area (Å²) in [5.41, 5.74) is 3.55. The maximum atomic E-state index is 6.15. The van der Waals surface area contributed by atoms with Crippen molar-refractivity contribution in [1.29, 1.82) is 0 Å². The molecule has 1 aromatic carbocycles. The van der Waals surface area contributed by atoms with E-state index in [1.807, 2.05) is 43.2 Å². The van der Waals surface area contributed by atoms with E-state index < -0.39 is 0 Å². The molecule has 1 aliphatic rings. The summed E-state index contributed by atoms with van der Waals surface area (Å²) in [7, 11) is 3.78. The first-order valence-corrected chi connectivity index (χ1v) is 10.5. The molecular weight excluding hydrogens is 386 g/mol. The van der Waals surface area contributed by atoms with Gasteiger partial charge < -0.3 is 20.5 Å². The summed E-state index contributed by atoms with van der Waals surface area (Å²) in [4.78, 5) is 10.1. The number of hydrogen-bond acceptors (Lipinski definition) is 3. The second kappa shape index (κ2) is 8.78. The standard InChI is InChI=1S/C21H28ClN7/c1-23-21(24-8-7-15-11-25-20-6-5-16(22)10-19(15)20)27-17-4-3-9-29(13-17)18-12-26-28(2)14-18/h5-6,10-12,14,17,25H,3-4,7-9,13H2,1-2H3,(H2,23,24,27). The molecule has 1 fully saturated rings. The van der Waals surface area contributed by atoms with Crippen molar-refractivity contribution >= 4 is 34.2 Å². The Morgan fingerprint density at radius 3 is 3.10 bits per heavy atom. The Labute approximate surface area is 176 Å². The fraction of sp³-hybridized carbons (Fsp3) is 0.429. The Hall–Kier alpha value is -2.67. The van der Waals surface area contributed by atoms with Crippen molar-refractivity contribution in [3.63, 3.8) is 0 Å². The first-order valence-electron chi connectivity index (χ1n) is 10.1. The van der Waals surface area contributed by atoms with E-state index in [1.165, 1.54) is 16.6 Å². The van der Waals surface area contributed by atoms with Gasteiger partial charge in [0.25, 0.3) is 0 Å². The molecule has 4 rings (SSSR count). The zero-order chi connectivity index (χ0) is 20.2. The predicted molar refractivity (Wildman–Crippen MR) is 120 cm³/mol. The van der Waals surface area contributed by atoms with Gasteiger partial charge in [0.15, 0.2) is 5.96 Å². The van der Waals surface area contributed by atoms with Crippen molar-refractivity contribution in [3.8, 4) is 0 Å². The van der Waals surface area contributed by atoms with Crippen LogP contribution in [-0.4, -0.2) is 53.4 Å². The minimum Gasteiger partial charge on any atom is -0.367 e. The maximum Gasteiger partial charge on any atom is 0.191 e. The Kier molecular flexibility index (Phi) is 5.94. The molecule has 1 unspecified atom stereocenters. The van der Waals surface area contributed by atoms with Crippen LogP contribution in [0.25, 0.3) is 10.9 Å². The molecule has 29 heavy (non-hydrogen) atoms. The predicted octanol–water partition coefficient (Wildman–Crippen LogP) is 2.93. The highest BCUT2D eigenvalue weighted by Crippen LogP contribution is 2.22. The maximum absolute atomic E-state index is 6.15. The number of hydrogen-bond donors (Lipinski definition) is 3. The fourth-order valence-electron chi connectivity index (χ4n) is 3.96. The van der Waals surface area contributed by atoms with E-state index in [0.717, 1.165) is 55.4 Å². The molecule has 1 aliphatic heterocycles. The first kappa shape index (κ1) is 19.6. The lowest BCUT2D eigenvalue weighted by Crippen LogP contribution is -2.51. The second-order valence-electron chi connectivity index (χ2n) is 7.55. The van der Waals surface area contributed by atoms with E-state index in [-0.39, 0.29) is 0 Å². The zero-order valence-electron chi connectivity index (χ0n) is 17.0. The van der Waals surface area contributed by atoms with E-state index in [0.29, 0.717) is 6.04 Å². The highest BCUT2D eigenvalue weighted by Gasteiger charge is 2.21. The van der Waals surface area contributed by atoms with Crippen LogP contribution in [0.15, 0.2) is 41.8 Å². The first-order chi connectivity index (χ1) is 14.1. The number of guanidine groups is 1. The van der Waals surface area contributed by atoms with Crippen LogP contribution >= 0.6 is 11.6 Å². The van der Waals surface area contributed by atoms with E-state index >= 15 is 0 Å². The monoisotopic (exact) mass is 413 g/mol. The van der Waals surface area contributed by atoms with Crippen molar-refractivity contribution in [2.75, 3.05) is 31.6 Å². The lowest BCUT2D eigenvalue weighted by Gasteiger charge is -2.34. The van der Waals surface area contributed by atoms with Crippen LogP contribution in [0.5, 0.6) is 0 Å². The molecule has 1 atom stereocenters. The number of aryl methyl sites for hydroxylation is 1. The van der Waals surface area contributed by atoms with Gasteiger partial charge in [-0.3, -0.25) is 9.67 Å². The largest absolute Gasteiger partial charge is 0.367 e. The summed E-state index contributed by atoms with van der Waals surface area (Å²) in [6, 6.07) is 6.31. The molecule has 0 saturated carbocycles. The quantitative estimate of drug-likeness (QED) is 0.444. The van der Waals surface area contributed by atoms with Gasteiger partial charge in [-0.05, 0) is 43.0 Å². The summed E-state index contributed by atoms with van der Waals surface area (Å²) in [5.74, 6) is 0.848. The lowest BCUT2D eigenvalue weighted by atomic mass is 10.1. The number of nitrogens with one attached hydrogen (secondary N) is 3. The minimum absolute atomic E-state index is 0.363. The number of benzene rings is 1. The third-order valence-corrected chi connectivity index (χ3v) is 5.69. The number of anilines is 1. The van der Waals surface area contributed by atoms with Crippen molar-refractivity contribution in [1.82, 2.24) is 25.4 Å². The zero-order valence-corrected chi connectivity index (χ0v) is 17.7. The molecule has 7 nitrogen and oxygen atoms in total. The van der Waals surface area contributed by atoms with Gasteiger partial charge in [0.05, 0.1) is 11.9 Å². The molecule has 154 valence electrons. The number of aromatic amines is 1. The normalized spacial score (nSPS) is 17.7. The molecule has 1 saturated heterocycles. The summed E-state index contributed by atoms with van der Waals surface area (Å²) in [6.45, 7) is 2.82. The number of H-pyrrole nitrogens is 1. The third kappa shape index (κ3) is 4.67. The number of piperidine rings is 1. The van der Waals surface area contributed by atoms with Crippen molar-refractivity contribution < 1.29 is 0 Å². The fourth-order valence-corrected chi connectivity index (χ4v) is 4.13. The highest BCUT2D eigenvalue weighted by molar-refractivity contribution is 6.31. The molecule has 2 aromatic heterocycles. The molecular formula is C21H28ClN7. The molecule has 0 spiro atoms. The van der Waals surface area contributed by atoms with Crippen LogP contribution < -0.4 is 15.5 Å². The van der Waals surface area contributed by atoms with Crippen LogP contribution in [0, 0.1) is 0 Å². The Balaban J connectivity index is 1.30. The Bertz CT molecular complexity index is 990. The van der Waals surface area contributed by atoms with Gasteiger partial charge in [0.2, 0.25) is 0 Å². The number of rotatable bonds is 5. The third-order valence-electron chi connectivity index (χ3n) is 5.46. The SMILES string of the molecule is CN=C(NCCc1c[nH]c2ccc(Cl)cc12)NC1CCCN(c2cnn(C)c2)C1. The van der Waals surface area contributed by atoms with Gasteiger partial charge in [0, 0.05) is 68.1 Å². The van der Waals surface area contributed by atoms with Gasteiger partial charge in [-0.15, -0.1) is 0 Å². The molecule has 3 aromatic rings. The van der Waals surface area contributed by atoms with Gasteiger partial charge in [-0.1, -0.05) is 11.6 Å². The van der Waals surface area contributed by atoms with Crippen LogP contribution in [0.2, 0.25) is 5.02 Å². The molecule has 0 bridgehead atoms. The Morgan fingerprint density at radius 2 is 2.31 bits per heavy atom. The van der Waals surface area contributed by atoms with Crippen LogP contribution in [0.1, 0.15) is 18.4 Å². The van der Waals surface area contributed by atoms with E-state index in [2.05, 4.69) is 43.0 Å². The topological polar surface area (TPSA) is 73.3 Å². The molecule has 0 amide bonds. The number of aliphatic imine (C=N–C) groups is 1. The molecule has 3 heterocycles.